The van der Waals surface area contributed by atoms with Gasteiger partial charge in [0.1, 0.15) is 15.0 Å². The first-order chi connectivity index (χ1) is 39.2. The van der Waals surface area contributed by atoms with Crippen molar-refractivity contribution in [3.8, 4) is 0 Å². The molecule has 0 atom stereocenters. The predicted octanol–water partition coefficient (Wildman–Crippen LogP) is 6.78. The van der Waals surface area contributed by atoms with Gasteiger partial charge in [-0.2, -0.15) is 5.10 Å². The van der Waals surface area contributed by atoms with Crippen molar-refractivity contribution in [2.75, 3.05) is 13.2 Å². The van der Waals surface area contributed by atoms with E-state index in [4.69, 9.17) is 17.7 Å². The molecule has 424 valence electrons. The molecule has 1 aliphatic heterocycles. The third-order valence-corrected chi connectivity index (χ3v) is 15.2. The first kappa shape index (κ1) is 67.0. The van der Waals surface area contributed by atoms with Crippen LogP contribution in [0.15, 0.2) is 131 Å². The number of imidazole rings is 2. The Labute approximate surface area is 534 Å². The summed E-state index contributed by atoms with van der Waals surface area (Å²) in [7, 11) is 7.01. The molecule has 9 heterocycles. The van der Waals surface area contributed by atoms with Crippen LogP contribution in [0.2, 0.25) is 0 Å². The summed E-state index contributed by atoms with van der Waals surface area (Å²) in [5.41, 5.74) is 8.04. The number of hydrogen-bond acceptors (Lipinski definition) is 13. The number of aromatic nitrogens is 16. The topological polar surface area (TPSA) is 191 Å². The minimum absolute atomic E-state index is 0. The van der Waals surface area contributed by atoms with E-state index in [1.165, 1.54) is 28.8 Å². The number of rotatable bonds is 8. The number of carbonyl (C=O) groups excluding carboxylic acids is 1. The van der Waals surface area contributed by atoms with Crippen molar-refractivity contribution in [2.45, 2.75) is 73.6 Å². The second-order valence-electron chi connectivity index (χ2n) is 17.9. The van der Waals surface area contributed by atoms with Crippen LogP contribution in [-0.4, -0.2) is 107 Å². The zero-order chi connectivity index (χ0) is 58.4. The van der Waals surface area contributed by atoms with Crippen molar-refractivity contribution in [2.24, 2.45) is 14.1 Å². The average Bonchev–Trinajstić information content (AvgIpc) is 4.57. The van der Waals surface area contributed by atoms with Gasteiger partial charge in [0.2, 0.25) is 0 Å². The van der Waals surface area contributed by atoms with E-state index >= 15 is 0 Å². The normalized spacial score (nSPS) is 11.4. The number of alkyl halides is 1. The summed E-state index contributed by atoms with van der Waals surface area (Å²) in [5.74, 6) is 3.76. The fourth-order valence-electron chi connectivity index (χ4n) is 7.65. The number of ether oxygens (including phenoxy) is 1. The summed E-state index contributed by atoms with van der Waals surface area (Å²) in [5, 5.41) is 17.2. The molecule has 0 aliphatic carbocycles. The van der Waals surface area contributed by atoms with Crippen LogP contribution < -0.4 is 28.3 Å². The number of nitrogens with zero attached hydrogens (tertiary/aromatic N) is 16. The molecule has 25 heteroatoms. The van der Waals surface area contributed by atoms with Gasteiger partial charge in [-0.05, 0) is 124 Å². The van der Waals surface area contributed by atoms with Crippen LogP contribution >= 0.6 is 51.4 Å². The Morgan fingerprint density at radius 1 is 0.598 bits per heavy atom. The van der Waals surface area contributed by atoms with Gasteiger partial charge in [0.25, 0.3) is 0 Å². The summed E-state index contributed by atoms with van der Waals surface area (Å²) in [6, 6.07) is 32.3. The van der Waals surface area contributed by atoms with Gasteiger partial charge in [0.15, 0.2) is 46.5 Å². The number of carbonyl (C=O) groups is 1. The molecule has 11 aromatic rings. The Hall–Kier alpha value is -5.81. The second-order valence-corrected chi connectivity index (χ2v) is 22.0. The molecule has 8 aromatic heterocycles. The standard InChI is InChI=1S/C18H15P.C13H13BrN6.C9H12N4.C8H9ClN4.C5H5BrN2O.C4H8O.BH.ClH.U/c1-4-10-16(11-5-1)19(17-12-6-2-7-13-17)18-14-8-3-9-15-18;1-8-6-15-9(2)13-17-11(18-20(8)13)4-5-12-16-10(14)7-19(12)3;1-4-8-11-9-7(3)10-5-6(2)13(9)12-8;1-5-4-10-6(2)8-11-7(3-9)12-13(5)8;1-8-2-4(6)7-5(8)3-9;1-2-4-5-3-1;;;/h1-15H;4-7H,1-3H3;5H,4H2,1-3H3;4H,3H2,1-2H3;2-3H,1H3;1-4H2;2*1H;/p-1/b;5-4+;;;;;;;/i;;;;;;1D;;. The summed E-state index contributed by atoms with van der Waals surface area (Å²) in [6.07, 6.45) is 16.9. The number of halogens is 4. The van der Waals surface area contributed by atoms with Gasteiger partial charge >= 0.3 is 0 Å². The quantitative estimate of drug-likeness (QED) is 0.0670. The van der Waals surface area contributed by atoms with Crippen molar-refractivity contribution in [1.82, 2.24) is 77.8 Å². The van der Waals surface area contributed by atoms with Gasteiger partial charge in [0.05, 0.1) is 40.0 Å². The van der Waals surface area contributed by atoms with Crippen LogP contribution in [-0.2, 0) is 31.1 Å². The van der Waals surface area contributed by atoms with E-state index < -0.39 is 7.92 Å². The summed E-state index contributed by atoms with van der Waals surface area (Å²) in [6.45, 7) is 15.7. The molecule has 0 saturated carbocycles. The van der Waals surface area contributed by atoms with Gasteiger partial charge in [-0.25, -0.2) is 38.5 Å². The molecule has 1 aliphatic rings. The molecule has 1 fully saturated rings. The van der Waals surface area contributed by atoms with Crippen LogP contribution in [0.5, 0.6) is 0 Å². The molecular weight excluding hydrogens is 1450 g/mol. The van der Waals surface area contributed by atoms with E-state index in [1.54, 1.807) is 39.2 Å². The first-order valence-electron chi connectivity index (χ1n) is 25.9. The maximum Gasteiger partial charge on any atom is 0.185 e. The van der Waals surface area contributed by atoms with Gasteiger partial charge in [-0.15, -0.1) is 21.8 Å². The third kappa shape index (κ3) is 18.9. The van der Waals surface area contributed by atoms with E-state index in [2.05, 4.69) is 186 Å². The third-order valence-electron chi connectivity index (χ3n) is 11.8. The first-order valence-corrected chi connectivity index (χ1v) is 28.8. The van der Waals surface area contributed by atoms with E-state index in [-0.39, 0.29) is 43.5 Å². The number of hydrogen-bond donors (Lipinski definition) is 0. The molecule has 0 bridgehead atoms. The molecule has 0 amide bonds. The molecule has 18 nitrogen and oxygen atoms in total. The van der Waals surface area contributed by atoms with E-state index in [0.29, 0.717) is 34.2 Å². The van der Waals surface area contributed by atoms with Gasteiger partial charge < -0.3 is 26.3 Å². The van der Waals surface area contributed by atoms with Crippen LogP contribution in [0.3, 0.4) is 0 Å². The van der Waals surface area contributed by atoms with Crippen molar-refractivity contribution in [3.63, 3.8) is 0 Å². The number of benzene rings is 3. The van der Waals surface area contributed by atoms with Crippen LogP contribution in [0.25, 0.3) is 29.1 Å². The monoisotopic (exact) mass is 1510 g/mol. The summed E-state index contributed by atoms with van der Waals surface area (Å²) >= 11 is 12.1. The molecular formula is C57H63BBr2Cl2N16O2PU-. The molecule has 82 heavy (non-hydrogen) atoms. The molecule has 12 rings (SSSR count). The molecule has 0 N–H and O–H groups in total. The summed E-state index contributed by atoms with van der Waals surface area (Å²) < 4.78 is 20.7. The number of fused-ring (bicyclic) bond motifs is 3. The maximum atomic E-state index is 10.1. The Bertz CT molecular complexity index is 3470. The van der Waals surface area contributed by atoms with Crippen molar-refractivity contribution < 1.29 is 53.1 Å². The number of aldehydes is 1. The average molecular weight is 1520 g/mol. The SMILES string of the molecule is C1CCOC1.CCc1nc2c(C)ncc(C)n2n1.Cc1ncc(C)n2nc(/C=C/c3nc(Br)cn3C)nc12.Cc1ncc(C)n2nc(CCl)nc12.Cn1cc(Br)nc1C=O.[2H][B].[Cl-].[U].c1ccc(P(c2ccccc2)c2ccccc2)cc1. The second kappa shape index (κ2) is 34.1. The zero-order valence-electron chi connectivity index (χ0n) is 48.0. The smallest absolute Gasteiger partial charge is 0.185 e. The van der Waals surface area contributed by atoms with Crippen molar-refractivity contribution in [1.29, 1.82) is 1.34 Å². The van der Waals surface area contributed by atoms with Gasteiger partial charge in [-0.3, -0.25) is 19.7 Å². The fourth-order valence-corrected chi connectivity index (χ4v) is 11.0. The Morgan fingerprint density at radius 2 is 0.988 bits per heavy atom. The van der Waals surface area contributed by atoms with E-state index in [1.807, 2.05) is 89.1 Å². The molecule has 0 unspecified atom stereocenters. The van der Waals surface area contributed by atoms with Gasteiger partial charge in [0, 0.05) is 104 Å². The van der Waals surface area contributed by atoms with E-state index in [0.717, 1.165) is 87.0 Å². The van der Waals surface area contributed by atoms with E-state index in [9.17, 15) is 4.79 Å². The molecule has 1 saturated heterocycles. The van der Waals surface area contributed by atoms with Gasteiger partial charge in [-0.1, -0.05) is 97.9 Å². The van der Waals surface area contributed by atoms with Crippen LogP contribution in [0.1, 0.15) is 87.8 Å². The van der Waals surface area contributed by atoms with Crippen LogP contribution in [0.4, 0.5) is 0 Å². The minimum atomic E-state index is -0.446. The molecule has 2 radical (unpaired) electrons. The summed E-state index contributed by atoms with van der Waals surface area (Å²) in [4.78, 5) is 44.1. The Balaban J connectivity index is 0.000000219. The Kier molecular flexibility index (Phi) is 27.8. The fraction of sp³-hybridized carbons (Fsp3) is 0.263. The molecule has 0 spiro atoms. The Morgan fingerprint density at radius 3 is 1.32 bits per heavy atom. The predicted molar refractivity (Wildman–Crippen MR) is 328 cm³/mol. The van der Waals surface area contributed by atoms with Crippen LogP contribution in [0, 0.1) is 72.7 Å². The maximum absolute atomic E-state index is 10.1. The van der Waals surface area contributed by atoms with Crippen molar-refractivity contribution in [3.05, 3.63) is 194 Å². The van der Waals surface area contributed by atoms with Crippen molar-refractivity contribution >= 4 is 111 Å². The largest absolute Gasteiger partial charge is 1.00 e. The number of aryl methyl sites for hydroxylation is 9. The minimum Gasteiger partial charge on any atom is -1.00 e. The zero-order valence-corrected chi connectivity index (χ0v) is 56.8. The molecule has 3 aromatic carbocycles.